The lowest BCUT2D eigenvalue weighted by Crippen LogP contribution is -2.53. The normalized spacial score (nSPS) is 10.2. The minimum absolute atomic E-state index is 0.770. The van der Waals surface area contributed by atoms with E-state index in [-0.39, 0.29) is 0 Å². The van der Waals surface area contributed by atoms with Gasteiger partial charge in [-0.2, -0.15) is 0 Å². The summed E-state index contributed by atoms with van der Waals surface area (Å²) in [6.45, 7) is 0.770. The van der Waals surface area contributed by atoms with E-state index in [0.29, 0.717) is 0 Å². The third-order valence-corrected chi connectivity index (χ3v) is 3.07. The van der Waals surface area contributed by atoms with Crippen LogP contribution in [-0.2, 0) is 6.54 Å². The largest absolute Gasteiger partial charge is 0.234 e. The van der Waals surface area contributed by atoms with Gasteiger partial charge in [0.15, 0.2) is 18.2 Å². The molecule has 3 rings (SSSR count). The molecule has 20 heavy (non-hydrogen) atoms. The average Bonchev–Trinajstić information content (AvgIpc) is 2.55. The van der Waals surface area contributed by atoms with Crippen molar-refractivity contribution in [2.75, 3.05) is 5.01 Å². The van der Waals surface area contributed by atoms with Crippen LogP contribution in [0.4, 0.5) is 5.82 Å². The Balaban J connectivity index is 1.96. The quantitative estimate of drug-likeness (QED) is 0.674. The molecule has 0 aliphatic rings. The van der Waals surface area contributed by atoms with Gasteiger partial charge in [0.2, 0.25) is 0 Å². The van der Waals surface area contributed by atoms with Gasteiger partial charge in [0, 0.05) is 18.3 Å². The maximum absolute atomic E-state index is 4.46. The van der Waals surface area contributed by atoms with Gasteiger partial charge in [-0.05, 0) is 17.7 Å². The van der Waals surface area contributed by atoms with Gasteiger partial charge in [-0.1, -0.05) is 47.1 Å². The fourth-order valence-electron chi connectivity index (χ4n) is 2.09. The van der Waals surface area contributed by atoms with Crippen LogP contribution in [0.3, 0.4) is 0 Å². The molecule has 98 valence electrons. The van der Waals surface area contributed by atoms with E-state index in [4.69, 9.17) is 0 Å². The second kappa shape index (κ2) is 5.97. The molecule has 2 aromatic heterocycles. The van der Waals surface area contributed by atoms with Crippen molar-refractivity contribution < 1.29 is 4.68 Å². The lowest BCUT2D eigenvalue weighted by Gasteiger charge is -2.16. The van der Waals surface area contributed by atoms with E-state index < -0.39 is 0 Å². The summed E-state index contributed by atoms with van der Waals surface area (Å²) in [4.78, 5) is 4.46. The Bertz CT molecular complexity index is 599. The van der Waals surface area contributed by atoms with Gasteiger partial charge in [-0.15, -0.1) is 5.01 Å². The van der Waals surface area contributed by atoms with Crippen LogP contribution in [0.2, 0.25) is 0 Å². The van der Waals surface area contributed by atoms with Crippen LogP contribution in [-0.4, -0.2) is 4.98 Å². The van der Waals surface area contributed by atoms with Crippen molar-refractivity contribution >= 4 is 5.82 Å². The molecule has 0 aliphatic heterocycles. The Labute approximate surface area is 118 Å². The first kappa shape index (κ1) is 12.4. The third kappa shape index (κ3) is 2.83. The number of nitrogens with zero attached hydrogens (tertiary/aromatic N) is 3. The molecule has 0 spiro atoms. The molecule has 0 unspecified atom stereocenters. The number of rotatable bonds is 4. The molecule has 0 N–H and O–H groups in total. The smallest absolute Gasteiger partial charge is 0.200 e. The van der Waals surface area contributed by atoms with Crippen molar-refractivity contribution in [2.24, 2.45) is 0 Å². The van der Waals surface area contributed by atoms with E-state index in [9.17, 15) is 0 Å². The highest BCUT2D eigenvalue weighted by molar-refractivity contribution is 5.35. The van der Waals surface area contributed by atoms with Crippen LogP contribution < -0.4 is 9.69 Å². The topological polar surface area (TPSA) is 20.0 Å². The van der Waals surface area contributed by atoms with Gasteiger partial charge in [0.05, 0.1) is 0 Å². The van der Waals surface area contributed by atoms with Crippen molar-refractivity contribution in [1.82, 2.24) is 4.98 Å². The molecule has 0 radical (unpaired) electrons. The predicted molar refractivity (Wildman–Crippen MR) is 78.9 cm³/mol. The van der Waals surface area contributed by atoms with Crippen LogP contribution in [0.1, 0.15) is 5.56 Å². The third-order valence-electron chi connectivity index (χ3n) is 3.07. The maximum Gasteiger partial charge on any atom is 0.200 e. The van der Waals surface area contributed by atoms with Crippen molar-refractivity contribution in [2.45, 2.75) is 6.54 Å². The highest BCUT2D eigenvalue weighted by Gasteiger charge is 2.16. The van der Waals surface area contributed by atoms with Gasteiger partial charge in [-0.25, -0.2) is 4.98 Å². The Morgan fingerprint density at radius 2 is 1.50 bits per heavy atom. The summed E-state index contributed by atoms with van der Waals surface area (Å²) in [6.07, 6.45) is 5.87. The standard InChI is InChI=1S/C17H16N3/c1-3-9-16(10-4-1)15-20(17-11-5-6-12-18-17)19-13-7-2-8-14-19/h1-14H,15H2/q+1. The Morgan fingerprint density at radius 1 is 0.800 bits per heavy atom. The highest BCUT2D eigenvalue weighted by atomic mass is 15.6. The lowest BCUT2D eigenvalue weighted by molar-refractivity contribution is -0.686. The van der Waals surface area contributed by atoms with E-state index in [2.05, 4.69) is 38.9 Å². The molecule has 0 fully saturated rings. The fourth-order valence-corrected chi connectivity index (χ4v) is 2.09. The van der Waals surface area contributed by atoms with Gasteiger partial charge >= 0.3 is 0 Å². The molecule has 1 aromatic carbocycles. The molecule has 0 aliphatic carbocycles. The Morgan fingerprint density at radius 3 is 2.20 bits per heavy atom. The molecule has 0 bridgehead atoms. The van der Waals surface area contributed by atoms with Gasteiger partial charge in [0.25, 0.3) is 0 Å². The van der Waals surface area contributed by atoms with E-state index in [1.807, 2.05) is 61.1 Å². The van der Waals surface area contributed by atoms with Crippen molar-refractivity contribution in [1.29, 1.82) is 0 Å². The summed E-state index contributed by atoms with van der Waals surface area (Å²) in [5.74, 6) is 0.924. The number of pyridine rings is 2. The molecule has 0 atom stereocenters. The molecule has 0 saturated heterocycles. The Kier molecular flexibility index (Phi) is 3.69. The van der Waals surface area contributed by atoms with Crippen molar-refractivity contribution in [3.05, 3.63) is 90.9 Å². The van der Waals surface area contributed by atoms with Gasteiger partial charge in [-0.3, -0.25) is 0 Å². The van der Waals surface area contributed by atoms with Crippen molar-refractivity contribution in [3.63, 3.8) is 0 Å². The summed E-state index contributed by atoms with van der Waals surface area (Å²) >= 11 is 0. The summed E-state index contributed by atoms with van der Waals surface area (Å²) in [5.41, 5.74) is 1.24. The molecule has 0 amide bonds. The molecule has 0 saturated carbocycles. The minimum atomic E-state index is 0.770. The van der Waals surface area contributed by atoms with E-state index >= 15 is 0 Å². The molecule has 2 heterocycles. The zero-order chi connectivity index (χ0) is 13.6. The summed E-state index contributed by atoms with van der Waals surface area (Å²) < 4.78 is 2.05. The molecular weight excluding hydrogens is 246 g/mol. The van der Waals surface area contributed by atoms with Gasteiger partial charge < -0.3 is 0 Å². The first-order chi connectivity index (χ1) is 9.93. The number of hydrogen-bond donors (Lipinski definition) is 0. The summed E-state index contributed by atoms with van der Waals surface area (Å²) in [6, 6.07) is 22.4. The van der Waals surface area contributed by atoms with Crippen LogP contribution in [0, 0.1) is 0 Å². The van der Waals surface area contributed by atoms with E-state index in [1.54, 1.807) is 0 Å². The number of anilines is 1. The predicted octanol–water partition coefficient (Wildman–Crippen LogP) is 2.84. The maximum atomic E-state index is 4.46. The second-order valence-corrected chi connectivity index (χ2v) is 4.49. The number of hydrogen-bond acceptors (Lipinski definition) is 2. The van der Waals surface area contributed by atoms with E-state index in [1.165, 1.54) is 5.56 Å². The highest BCUT2D eigenvalue weighted by Crippen LogP contribution is 2.11. The van der Waals surface area contributed by atoms with Crippen LogP contribution >= 0.6 is 0 Å². The van der Waals surface area contributed by atoms with Crippen LogP contribution in [0.25, 0.3) is 0 Å². The second-order valence-electron chi connectivity index (χ2n) is 4.49. The van der Waals surface area contributed by atoms with Crippen LogP contribution in [0.5, 0.6) is 0 Å². The first-order valence-corrected chi connectivity index (χ1v) is 6.62. The lowest BCUT2D eigenvalue weighted by atomic mass is 10.2. The zero-order valence-corrected chi connectivity index (χ0v) is 11.1. The van der Waals surface area contributed by atoms with Gasteiger partial charge in [0.1, 0.15) is 6.54 Å². The van der Waals surface area contributed by atoms with E-state index in [0.717, 1.165) is 12.4 Å². The summed E-state index contributed by atoms with van der Waals surface area (Å²) in [5, 5.41) is 2.13. The molecular formula is C17H16N3+. The molecule has 3 heteroatoms. The monoisotopic (exact) mass is 262 g/mol. The van der Waals surface area contributed by atoms with Crippen molar-refractivity contribution in [3.8, 4) is 0 Å². The molecule has 3 aromatic rings. The Hall–Kier alpha value is -2.68. The average molecular weight is 262 g/mol. The summed E-state index contributed by atoms with van der Waals surface area (Å²) in [7, 11) is 0. The first-order valence-electron chi connectivity index (χ1n) is 6.62. The zero-order valence-electron chi connectivity index (χ0n) is 11.1. The SMILES string of the molecule is c1ccc(CN(c2ccccn2)[n+]2ccccc2)cc1. The fraction of sp³-hybridized carbons (Fsp3) is 0.0588. The molecule has 3 nitrogen and oxygen atoms in total. The number of aromatic nitrogens is 2. The minimum Gasteiger partial charge on any atom is -0.234 e. The van der Waals surface area contributed by atoms with Crippen LogP contribution in [0.15, 0.2) is 85.3 Å². The number of benzene rings is 1.